The summed E-state index contributed by atoms with van der Waals surface area (Å²) in [6.07, 6.45) is 25.9. The molecular formula is C30H60LaO6. The smallest absolute Gasteiger partial charge is 0.303 e. The molecule has 0 saturated carbocycles. The van der Waals surface area contributed by atoms with Crippen LogP contribution in [-0.2, 0) is 14.4 Å². The molecule has 0 saturated heterocycles. The van der Waals surface area contributed by atoms with Crippen LogP contribution in [0.4, 0.5) is 0 Å². The van der Waals surface area contributed by atoms with E-state index in [9.17, 15) is 14.4 Å². The van der Waals surface area contributed by atoms with Gasteiger partial charge in [0.15, 0.2) is 0 Å². The van der Waals surface area contributed by atoms with Gasteiger partial charge in [0, 0.05) is 54.9 Å². The van der Waals surface area contributed by atoms with Crippen molar-refractivity contribution in [2.75, 3.05) is 0 Å². The molecule has 0 bridgehead atoms. The summed E-state index contributed by atoms with van der Waals surface area (Å²) in [7, 11) is 0. The van der Waals surface area contributed by atoms with Crippen LogP contribution < -0.4 is 0 Å². The van der Waals surface area contributed by atoms with Gasteiger partial charge in [0.2, 0.25) is 0 Å². The fraction of sp³-hybridized carbons (Fsp3) is 0.900. The van der Waals surface area contributed by atoms with Crippen LogP contribution in [0.25, 0.3) is 0 Å². The van der Waals surface area contributed by atoms with Crippen LogP contribution in [0.3, 0.4) is 0 Å². The van der Waals surface area contributed by atoms with Gasteiger partial charge >= 0.3 is 17.9 Å². The van der Waals surface area contributed by atoms with Crippen LogP contribution in [0, 0.1) is 35.6 Å². The summed E-state index contributed by atoms with van der Waals surface area (Å²) < 4.78 is 0. The summed E-state index contributed by atoms with van der Waals surface area (Å²) in [5.41, 5.74) is 0. The molecule has 0 aliphatic heterocycles. The average Bonchev–Trinajstić information content (AvgIpc) is 2.83. The minimum atomic E-state index is -0.663. The van der Waals surface area contributed by atoms with Gasteiger partial charge < -0.3 is 15.3 Å². The largest absolute Gasteiger partial charge is 0.481 e. The molecule has 6 nitrogen and oxygen atoms in total. The zero-order valence-electron chi connectivity index (χ0n) is 24.6. The molecule has 0 aromatic heterocycles. The van der Waals surface area contributed by atoms with Crippen LogP contribution in [0.15, 0.2) is 0 Å². The zero-order chi connectivity index (χ0) is 27.7. The number of carboxylic acid groups (broad SMARTS) is 3. The van der Waals surface area contributed by atoms with Crippen molar-refractivity contribution >= 4 is 17.9 Å². The normalized spacial score (nSPS) is 9.81. The van der Waals surface area contributed by atoms with Gasteiger partial charge in [0.05, 0.1) is 0 Å². The number of hydrogen-bond acceptors (Lipinski definition) is 3. The third kappa shape index (κ3) is 56.8. The summed E-state index contributed by atoms with van der Waals surface area (Å²) in [4.78, 5) is 30.4. The fourth-order valence-corrected chi connectivity index (χ4v) is 3.70. The number of unbranched alkanes of at least 4 members (excludes halogenated alkanes) is 18. The van der Waals surface area contributed by atoms with E-state index in [1.807, 2.05) is 0 Å². The maximum atomic E-state index is 10.1. The Bertz CT molecular complexity index is 404. The van der Waals surface area contributed by atoms with Crippen LogP contribution in [0.1, 0.15) is 175 Å². The molecule has 0 aromatic carbocycles. The first-order valence-corrected chi connectivity index (χ1v) is 15.0. The Kier molecular flexibility index (Phi) is 47.3. The first-order valence-electron chi connectivity index (χ1n) is 15.0. The molecule has 7 heteroatoms. The van der Waals surface area contributed by atoms with Crippen molar-refractivity contribution in [3.63, 3.8) is 0 Å². The molecule has 0 fully saturated rings. The maximum absolute atomic E-state index is 10.1. The van der Waals surface area contributed by atoms with Gasteiger partial charge in [-0.05, 0) is 19.3 Å². The molecule has 0 amide bonds. The summed E-state index contributed by atoms with van der Waals surface area (Å²) in [5.74, 6) is -1.99. The van der Waals surface area contributed by atoms with Crippen molar-refractivity contribution < 1.29 is 65.3 Å². The van der Waals surface area contributed by atoms with Crippen LogP contribution >= 0.6 is 0 Å². The molecule has 3 N–H and O–H groups in total. The van der Waals surface area contributed by atoms with E-state index in [4.69, 9.17) is 15.3 Å². The third-order valence-electron chi connectivity index (χ3n) is 5.98. The van der Waals surface area contributed by atoms with E-state index >= 15 is 0 Å². The molecule has 0 rings (SSSR count). The molecule has 0 unspecified atom stereocenters. The van der Waals surface area contributed by atoms with Crippen LogP contribution in [-0.4, -0.2) is 33.2 Å². The van der Waals surface area contributed by atoms with E-state index in [2.05, 4.69) is 20.8 Å². The van der Waals surface area contributed by atoms with Crippen molar-refractivity contribution in [3.05, 3.63) is 0 Å². The summed E-state index contributed by atoms with van der Waals surface area (Å²) in [5, 5.41) is 25.1. The molecule has 0 heterocycles. The molecule has 1 radical (unpaired) electrons. The molecular weight excluding hydrogens is 595 g/mol. The zero-order valence-corrected chi connectivity index (χ0v) is 28.2. The molecule has 0 atom stereocenters. The molecule has 37 heavy (non-hydrogen) atoms. The van der Waals surface area contributed by atoms with Gasteiger partial charge in [-0.3, -0.25) is 14.4 Å². The van der Waals surface area contributed by atoms with Crippen molar-refractivity contribution in [1.82, 2.24) is 0 Å². The number of rotatable bonds is 24. The fourth-order valence-electron chi connectivity index (χ4n) is 3.70. The van der Waals surface area contributed by atoms with Crippen molar-refractivity contribution in [3.8, 4) is 0 Å². The van der Waals surface area contributed by atoms with Gasteiger partial charge in [-0.25, -0.2) is 0 Å². The quantitative estimate of drug-likeness (QED) is 0.0893. The van der Waals surface area contributed by atoms with Gasteiger partial charge in [-0.1, -0.05) is 136 Å². The summed E-state index contributed by atoms with van der Waals surface area (Å²) in [6, 6.07) is 0. The third-order valence-corrected chi connectivity index (χ3v) is 5.98. The Morgan fingerprint density at radius 2 is 0.514 bits per heavy atom. The van der Waals surface area contributed by atoms with Crippen molar-refractivity contribution in [2.24, 2.45) is 0 Å². The SMILES string of the molecule is CCCCCCCCCC(=O)O.CCCCCCCCCC(=O)O.CCCCCCCCCC(=O)O.[La]. The predicted octanol–water partition coefficient (Wildman–Crippen LogP) is 9.64. The first-order chi connectivity index (χ1) is 17.3. The Hall–Kier alpha value is -0.395. The van der Waals surface area contributed by atoms with Crippen LogP contribution in [0.2, 0.25) is 0 Å². The monoisotopic (exact) mass is 655 g/mol. The summed E-state index contributed by atoms with van der Waals surface area (Å²) >= 11 is 0. The molecule has 0 aliphatic carbocycles. The standard InChI is InChI=1S/3C10H20O2.La/c3*1-2-3-4-5-6-7-8-9-10(11)12;/h3*2-9H2,1H3,(H,11,12);. The number of hydrogen-bond donors (Lipinski definition) is 3. The van der Waals surface area contributed by atoms with Gasteiger partial charge in [0.25, 0.3) is 0 Å². The second kappa shape index (κ2) is 40.1. The Labute approximate surface area is 256 Å². The van der Waals surface area contributed by atoms with Crippen molar-refractivity contribution in [2.45, 2.75) is 175 Å². The first kappa shape index (κ1) is 43.7. The van der Waals surface area contributed by atoms with Crippen LogP contribution in [0.5, 0.6) is 0 Å². The van der Waals surface area contributed by atoms with Crippen molar-refractivity contribution in [1.29, 1.82) is 0 Å². The molecule has 219 valence electrons. The Morgan fingerprint density at radius 3 is 0.676 bits per heavy atom. The topological polar surface area (TPSA) is 112 Å². The van der Waals surface area contributed by atoms with E-state index in [0.29, 0.717) is 19.3 Å². The number of carboxylic acids is 3. The minimum absolute atomic E-state index is 0. The second-order valence-corrected chi connectivity index (χ2v) is 9.80. The van der Waals surface area contributed by atoms with E-state index in [0.717, 1.165) is 38.5 Å². The average molecular weight is 656 g/mol. The number of carbonyl (C=O) groups is 3. The predicted molar refractivity (Wildman–Crippen MR) is 151 cm³/mol. The molecule has 0 aromatic rings. The minimum Gasteiger partial charge on any atom is -0.481 e. The van der Waals surface area contributed by atoms with E-state index in [1.54, 1.807) is 0 Å². The van der Waals surface area contributed by atoms with E-state index in [-0.39, 0.29) is 35.6 Å². The van der Waals surface area contributed by atoms with Gasteiger partial charge in [0.1, 0.15) is 0 Å². The molecule has 0 aliphatic rings. The number of aliphatic carboxylic acids is 3. The molecule has 0 spiro atoms. The van der Waals surface area contributed by atoms with E-state index < -0.39 is 17.9 Å². The Balaban J connectivity index is -0.000000218. The maximum Gasteiger partial charge on any atom is 0.303 e. The van der Waals surface area contributed by atoms with E-state index in [1.165, 1.54) is 96.3 Å². The second-order valence-electron chi connectivity index (χ2n) is 9.80. The van der Waals surface area contributed by atoms with Gasteiger partial charge in [-0.2, -0.15) is 0 Å². The van der Waals surface area contributed by atoms with Gasteiger partial charge in [-0.15, -0.1) is 0 Å². The Morgan fingerprint density at radius 1 is 0.351 bits per heavy atom. The summed E-state index contributed by atoms with van der Waals surface area (Å²) in [6.45, 7) is 6.60.